The van der Waals surface area contributed by atoms with Gasteiger partial charge in [-0.25, -0.2) is 0 Å². The molecular formula is C24H25ClN4NiO4S-2. The number of carbonyl (C=O) groups excluding carboxylic acids is 1. The summed E-state index contributed by atoms with van der Waals surface area (Å²) in [6.07, 6.45) is 1.74. The molecule has 0 radical (unpaired) electrons. The summed E-state index contributed by atoms with van der Waals surface area (Å²) in [5.41, 5.74) is 3.65. The fourth-order valence-corrected chi connectivity index (χ4v) is 4.70. The summed E-state index contributed by atoms with van der Waals surface area (Å²) in [7, 11) is 3.25. The molecule has 0 aliphatic heterocycles. The molecule has 1 atom stereocenters. The summed E-state index contributed by atoms with van der Waals surface area (Å²) in [5.74, 6) is -0.0852. The van der Waals surface area contributed by atoms with Crippen LogP contribution in [0.1, 0.15) is 5.69 Å². The molecular weight excluding hydrogens is 535 g/mol. The van der Waals surface area contributed by atoms with Crippen LogP contribution in [0.4, 0.5) is 0 Å². The van der Waals surface area contributed by atoms with Gasteiger partial charge >= 0.3 is 214 Å². The van der Waals surface area contributed by atoms with Crippen LogP contribution in [0.5, 0.6) is 5.75 Å². The second-order valence-corrected chi connectivity index (χ2v) is 9.76. The average Bonchev–Trinajstić information content (AvgIpc) is 3.23. The van der Waals surface area contributed by atoms with Crippen molar-refractivity contribution in [2.45, 2.75) is 6.92 Å². The molecule has 1 unspecified atom stereocenters. The van der Waals surface area contributed by atoms with Crippen molar-refractivity contribution in [3.8, 4) is 17.0 Å². The summed E-state index contributed by atoms with van der Waals surface area (Å²) < 4.78 is 20.5. The largest absolute Gasteiger partial charge is 0.870 e. The maximum Gasteiger partial charge on any atom is -0.870 e. The number of fused-ring (bicyclic) bond motifs is 1. The van der Waals surface area contributed by atoms with Crippen LogP contribution in [0.2, 0.25) is 0 Å². The molecule has 0 fully saturated rings. The Morgan fingerprint density at radius 2 is 2.06 bits per heavy atom. The minimum Gasteiger partial charge on any atom is -0.870 e. The van der Waals surface area contributed by atoms with Crippen molar-refractivity contribution in [3.05, 3.63) is 64.3 Å². The molecule has 2 aromatic heterocycles. The van der Waals surface area contributed by atoms with Gasteiger partial charge in [-0.2, -0.15) is 0 Å². The van der Waals surface area contributed by atoms with E-state index >= 15 is 0 Å². The number of hydrogen-bond donors (Lipinski definition) is 0. The van der Waals surface area contributed by atoms with Crippen LogP contribution in [0.25, 0.3) is 22.2 Å². The number of aryl methyl sites for hydroxylation is 2. The number of halogens is 1. The van der Waals surface area contributed by atoms with Crippen molar-refractivity contribution in [1.29, 1.82) is 0 Å². The Hall–Kier alpha value is -2.65. The number of aromatic nitrogens is 3. The van der Waals surface area contributed by atoms with E-state index in [0.29, 0.717) is 11.3 Å². The molecule has 0 saturated carbocycles. The van der Waals surface area contributed by atoms with Crippen LogP contribution in [-0.4, -0.2) is 66.7 Å². The van der Waals surface area contributed by atoms with E-state index in [1.165, 1.54) is 9.89 Å². The first-order chi connectivity index (χ1) is 16.1. The van der Waals surface area contributed by atoms with Crippen LogP contribution < -0.4 is 4.74 Å². The molecule has 1 amide bonds. The van der Waals surface area contributed by atoms with Crippen LogP contribution in [0.15, 0.2) is 52.0 Å². The Labute approximate surface area is 219 Å². The molecule has 0 aliphatic carbocycles. The van der Waals surface area contributed by atoms with E-state index in [0.717, 1.165) is 22.3 Å². The number of pyridine rings is 1. The molecule has 3 rings (SSSR count). The predicted molar refractivity (Wildman–Crippen MR) is 135 cm³/mol. The normalized spacial score (nSPS) is 12.4. The van der Waals surface area contributed by atoms with E-state index in [-0.39, 0.29) is 39.3 Å². The third-order valence-electron chi connectivity index (χ3n) is 5.06. The molecule has 0 aliphatic rings. The van der Waals surface area contributed by atoms with E-state index in [2.05, 4.69) is 25.1 Å². The van der Waals surface area contributed by atoms with E-state index in [9.17, 15) is 9.00 Å². The number of para-hydroxylation sites is 1. The van der Waals surface area contributed by atoms with Gasteiger partial charge in [0.1, 0.15) is 0 Å². The Bertz CT molecular complexity index is 1340. The maximum absolute atomic E-state index is 12.7. The van der Waals surface area contributed by atoms with Gasteiger partial charge in [0.25, 0.3) is 0 Å². The Balaban J connectivity index is 0.00000432. The van der Waals surface area contributed by atoms with Gasteiger partial charge in [0.2, 0.25) is 0 Å². The van der Waals surface area contributed by atoms with Crippen molar-refractivity contribution in [1.82, 2.24) is 19.7 Å². The second kappa shape index (κ2) is 12.4. The zero-order chi connectivity index (χ0) is 25.0. The van der Waals surface area contributed by atoms with Gasteiger partial charge in [0, 0.05) is 0 Å². The summed E-state index contributed by atoms with van der Waals surface area (Å²) in [4.78, 5) is 19.2. The number of nitrogens with zero attached hydrogens (tertiary/aromatic N) is 4. The van der Waals surface area contributed by atoms with Crippen molar-refractivity contribution in [3.63, 3.8) is 0 Å². The Morgan fingerprint density at radius 3 is 2.66 bits per heavy atom. The van der Waals surface area contributed by atoms with Crippen molar-refractivity contribution in [2.24, 2.45) is 7.05 Å². The van der Waals surface area contributed by atoms with Gasteiger partial charge in [0.15, 0.2) is 0 Å². The summed E-state index contributed by atoms with van der Waals surface area (Å²) in [6.45, 7) is 7.94. The van der Waals surface area contributed by atoms with Crippen molar-refractivity contribution >= 4 is 44.2 Å². The number of allylic oxidation sites excluding steroid dienone is 1. The third-order valence-corrected chi connectivity index (χ3v) is 7.07. The minimum absolute atomic E-state index is 0. The molecule has 1 aromatic carbocycles. The van der Waals surface area contributed by atoms with Gasteiger partial charge in [-0.05, 0) is 0 Å². The molecule has 8 nitrogen and oxygen atoms in total. The first-order valence-electron chi connectivity index (χ1n) is 10.2. The van der Waals surface area contributed by atoms with Crippen LogP contribution in [0.3, 0.4) is 0 Å². The smallest absolute Gasteiger partial charge is 0.870 e. The molecule has 190 valence electrons. The van der Waals surface area contributed by atoms with Crippen LogP contribution >= 0.6 is 11.6 Å². The Morgan fingerprint density at radius 1 is 1.34 bits per heavy atom. The van der Waals surface area contributed by atoms with E-state index in [1.807, 2.05) is 38.2 Å². The number of rotatable bonds is 9. The standard InChI is InChI=1S/C24H24ClN4O3S.Ni.H2O/c1-15-12-19(21-10-11-26-29(21)6)18-8-7-9-22(24(18)27-15)32-13-20(16(2)25)17(3)33(31)14-23(30)28(4)5;;/h2-3,7-12H,13-14H2,1,4-6H3;;1H2/q-1;;/p-1/b20-16+;;. The second-order valence-electron chi connectivity index (χ2n) is 7.65. The SMILES string of the molecule is [CH-]=C(/C(COc1cccc2c(-c3ccnn3C)cc(C)nc12)=C(/Cl)[CH]=[Ni])S(=O)CC(=O)N(C)C.[OH-]. The molecule has 0 spiro atoms. The van der Waals surface area contributed by atoms with E-state index in [1.54, 1.807) is 31.0 Å². The first kappa shape index (κ1) is 28.6. The average molecular weight is 560 g/mol. The molecule has 2 heterocycles. The van der Waals surface area contributed by atoms with Crippen LogP contribution in [0, 0.1) is 13.5 Å². The zero-order valence-corrected chi connectivity index (χ0v) is 22.2. The number of carbonyl (C=O) groups is 1. The monoisotopic (exact) mass is 558 g/mol. The molecule has 0 saturated heterocycles. The number of hydrogen-bond acceptors (Lipinski definition) is 6. The molecule has 35 heavy (non-hydrogen) atoms. The number of benzene rings is 1. The van der Waals surface area contributed by atoms with Gasteiger partial charge in [-0.3, -0.25) is 0 Å². The van der Waals surface area contributed by atoms with Gasteiger partial charge in [-0.15, -0.1) is 0 Å². The molecule has 0 bridgehead atoms. The first-order valence-corrected chi connectivity index (χ1v) is 12.4. The minimum atomic E-state index is -1.79. The summed E-state index contributed by atoms with van der Waals surface area (Å²) in [6, 6.07) is 9.54. The summed E-state index contributed by atoms with van der Waals surface area (Å²) >= 11 is 10.9. The Kier molecular flexibility index (Phi) is 10.1. The zero-order valence-electron chi connectivity index (χ0n) is 19.6. The van der Waals surface area contributed by atoms with Crippen molar-refractivity contribution < 1.29 is 34.2 Å². The molecule has 3 aromatic rings. The van der Waals surface area contributed by atoms with Gasteiger partial charge in [-0.1, -0.05) is 0 Å². The van der Waals surface area contributed by atoms with Crippen LogP contribution in [-0.2, 0) is 37.7 Å². The van der Waals surface area contributed by atoms with Gasteiger partial charge < -0.3 is 5.48 Å². The quantitative estimate of drug-likeness (QED) is 0.227. The van der Waals surface area contributed by atoms with E-state index < -0.39 is 10.8 Å². The third kappa shape index (κ3) is 6.52. The molecule has 11 heteroatoms. The van der Waals surface area contributed by atoms with E-state index in [4.69, 9.17) is 22.9 Å². The fraction of sp³-hybridized carbons (Fsp3) is 0.250. The number of amides is 1. The van der Waals surface area contributed by atoms with Gasteiger partial charge in [0.05, 0.1) is 0 Å². The topological polar surface area (TPSA) is 107 Å². The predicted octanol–water partition coefficient (Wildman–Crippen LogP) is 3.14. The maximum atomic E-state index is 12.7. The fourth-order valence-electron chi connectivity index (χ4n) is 3.24. The number of ether oxygens (including phenoxy) is 1. The van der Waals surface area contributed by atoms with Crippen molar-refractivity contribution in [2.75, 3.05) is 26.5 Å². The summed E-state index contributed by atoms with van der Waals surface area (Å²) in [5, 5.41) is 5.30. The molecule has 1 N–H and O–H groups in total.